The van der Waals surface area contributed by atoms with Gasteiger partial charge in [-0.25, -0.2) is 4.68 Å². The molecule has 0 aliphatic heterocycles. The van der Waals surface area contributed by atoms with Crippen LogP contribution in [0.3, 0.4) is 0 Å². The molecule has 5 heteroatoms. The van der Waals surface area contributed by atoms with E-state index in [2.05, 4.69) is 78.0 Å². The van der Waals surface area contributed by atoms with Crippen LogP contribution in [-0.4, -0.2) is 40.5 Å². The molecule has 0 atom stereocenters. The van der Waals surface area contributed by atoms with Crippen LogP contribution in [-0.2, 0) is 13.0 Å². The fourth-order valence-electron chi connectivity index (χ4n) is 2.63. The van der Waals surface area contributed by atoms with Gasteiger partial charge in [0.2, 0.25) is 0 Å². The smallest absolute Gasteiger partial charge is 0.0827 e. The third kappa shape index (κ3) is 4.78. The van der Waals surface area contributed by atoms with Crippen LogP contribution in [0.15, 0.2) is 48.7 Å². The maximum atomic E-state index is 4.27. The predicted octanol–water partition coefficient (Wildman–Crippen LogP) is 3.40. The second kappa shape index (κ2) is 8.09. The van der Waals surface area contributed by atoms with Gasteiger partial charge >= 0.3 is 0 Å². The Kier molecular flexibility index (Phi) is 6.13. The molecule has 0 fully saturated rings. The maximum Gasteiger partial charge on any atom is 0.0827 e. The van der Waals surface area contributed by atoms with Crippen LogP contribution in [0.4, 0.5) is 0 Å². The van der Waals surface area contributed by atoms with Crippen LogP contribution in [0.2, 0.25) is 0 Å². The van der Waals surface area contributed by atoms with Gasteiger partial charge in [0.15, 0.2) is 0 Å². The first-order valence-electron chi connectivity index (χ1n) is 7.72. The summed E-state index contributed by atoms with van der Waals surface area (Å²) < 4.78 is 1.93. The topological polar surface area (TPSA) is 34.0 Å². The zero-order chi connectivity index (χ0) is 15.4. The van der Waals surface area contributed by atoms with Gasteiger partial charge in [-0.1, -0.05) is 41.6 Å². The monoisotopic (exact) mass is 330 g/mol. The molecule has 122 valence electrons. The predicted molar refractivity (Wildman–Crippen MR) is 97.2 cm³/mol. The lowest BCUT2D eigenvalue weighted by molar-refractivity contribution is 0.399. The molecular formula is C18H23ClN4. The molecule has 3 aromatic rings. The van der Waals surface area contributed by atoms with Gasteiger partial charge in [-0.15, -0.1) is 17.5 Å². The molecule has 0 saturated heterocycles. The minimum atomic E-state index is 0. The van der Waals surface area contributed by atoms with Gasteiger partial charge in [-0.3, -0.25) is 0 Å². The zero-order valence-electron chi connectivity index (χ0n) is 13.6. The fraction of sp³-hybridized carbons (Fsp3) is 0.333. The number of fused-ring (bicyclic) bond motifs is 1. The lowest BCUT2D eigenvalue weighted by atomic mass is 10.1. The van der Waals surface area contributed by atoms with Crippen molar-refractivity contribution in [1.29, 1.82) is 0 Å². The number of hydrogen-bond donors (Lipinski definition) is 0. The van der Waals surface area contributed by atoms with E-state index in [0.29, 0.717) is 0 Å². The lowest BCUT2D eigenvalue weighted by Gasteiger charge is -2.07. The van der Waals surface area contributed by atoms with Gasteiger partial charge in [-0.2, -0.15) is 0 Å². The summed E-state index contributed by atoms with van der Waals surface area (Å²) >= 11 is 0. The summed E-state index contributed by atoms with van der Waals surface area (Å²) in [5.74, 6) is 0. The third-order valence-corrected chi connectivity index (χ3v) is 3.78. The number of halogens is 1. The molecule has 1 heterocycles. The number of hydrogen-bond acceptors (Lipinski definition) is 3. The summed E-state index contributed by atoms with van der Waals surface area (Å²) in [5.41, 5.74) is 2.33. The third-order valence-electron chi connectivity index (χ3n) is 3.78. The maximum absolute atomic E-state index is 4.27. The van der Waals surface area contributed by atoms with E-state index in [4.69, 9.17) is 0 Å². The summed E-state index contributed by atoms with van der Waals surface area (Å²) in [6, 6.07) is 15.0. The van der Waals surface area contributed by atoms with E-state index in [1.165, 1.54) is 16.3 Å². The van der Waals surface area contributed by atoms with Crippen LogP contribution >= 0.6 is 12.4 Å². The largest absolute Gasteiger partial charge is 0.309 e. The molecule has 3 rings (SSSR count). The molecule has 1 aromatic heterocycles. The number of aromatic nitrogens is 3. The van der Waals surface area contributed by atoms with Crippen molar-refractivity contribution in [2.75, 3.05) is 20.6 Å². The molecule has 0 saturated carbocycles. The summed E-state index contributed by atoms with van der Waals surface area (Å²) in [5, 5.41) is 11.1. The number of rotatable bonds is 6. The highest BCUT2D eigenvalue weighted by atomic mass is 35.5. The summed E-state index contributed by atoms with van der Waals surface area (Å²) in [7, 11) is 4.19. The van der Waals surface area contributed by atoms with E-state index in [0.717, 1.165) is 31.6 Å². The summed E-state index contributed by atoms with van der Waals surface area (Å²) in [6.45, 7) is 1.85. The second-order valence-electron chi connectivity index (χ2n) is 6.00. The Morgan fingerprint density at radius 1 is 1.04 bits per heavy atom. The quantitative estimate of drug-likeness (QED) is 0.694. The van der Waals surface area contributed by atoms with Gasteiger partial charge in [0.05, 0.1) is 12.2 Å². The Labute approximate surface area is 143 Å². The van der Waals surface area contributed by atoms with Crippen LogP contribution in [0.5, 0.6) is 0 Å². The molecule has 0 bridgehead atoms. The van der Waals surface area contributed by atoms with Crippen molar-refractivity contribution < 1.29 is 0 Å². The van der Waals surface area contributed by atoms with E-state index < -0.39 is 0 Å². The fourth-order valence-corrected chi connectivity index (χ4v) is 2.63. The van der Waals surface area contributed by atoms with Crippen LogP contribution in [0, 0.1) is 0 Å². The number of nitrogens with zero attached hydrogens (tertiary/aromatic N) is 4. The average Bonchev–Trinajstić information content (AvgIpc) is 2.94. The standard InChI is InChI=1S/C18H22N4.ClH/c1-21(2)11-5-8-18-14-22(20-19-18)13-15-9-10-16-6-3-4-7-17(16)12-15;/h3-4,6-7,9-10,12,14H,5,8,11,13H2,1-2H3;1H. The first-order valence-corrected chi connectivity index (χ1v) is 7.72. The molecule has 0 radical (unpaired) electrons. The Morgan fingerprint density at radius 2 is 1.83 bits per heavy atom. The molecule has 2 aromatic carbocycles. The minimum absolute atomic E-state index is 0. The molecule has 0 spiro atoms. The Hall–Kier alpha value is -1.91. The van der Waals surface area contributed by atoms with Gasteiger partial charge in [-0.05, 0) is 55.9 Å². The van der Waals surface area contributed by atoms with Crippen molar-refractivity contribution in [3.63, 3.8) is 0 Å². The second-order valence-corrected chi connectivity index (χ2v) is 6.00. The Morgan fingerprint density at radius 3 is 2.61 bits per heavy atom. The van der Waals surface area contributed by atoms with E-state index in [-0.39, 0.29) is 12.4 Å². The van der Waals surface area contributed by atoms with E-state index in [1.807, 2.05) is 4.68 Å². The Balaban J connectivity index is 0.00000192. The highest BCUT2D eigenvalue weighted by Gasteiger charge is 2.03. The van der Waals surface area contributed by atoms with Crippen molar-refractivity contribution in [3.05, 3.63) is 59.9 Å². The molecule has 0 N–H and O–H groups in total. The first kappa shape index (κ1) is 17.4. The SMILES string of the molecule is CN(C)CCCc1cn(Cc2ccc3ccccc3c2)nn1.Cl. The molecule has 23 heavy (non-hydrogen) atoms. The lowest BCUT2D eigenvalue weighted by Crippen LogP contribution is -2.13. The number of aryl methyl sites for hydroxylation is 1. The van der Waals surface area contributed by atoms with Crippen molar-refractivity contribution in [2.24, 2.45) is 0 Å². The van der Waals surface area contributed by atoms with Gasteiger partial charge in [0, 0.05) is 6.20 Å². The normalized spacial score (nSPS) is 10.9. The Bertz CT molecular complexity index is 751. The van der Waals surface area contributed by atoms with E-state index in [9.17, 15) is 0 Å². The molecule has 0 unspecified atom stereocenters. The molecule has 0 aliphatic carbocycles. The van der Waals surface area contributed by atoms with E-state index in [1.54, 1.807) is 0 Å². The van der Waals surface area contributed by atoms with Crippen molar-refractivity contribution in [1.82, 2.24) is 19.9 Å². The van der Waals surface area contributed by atoms with Crippen molar-refractivity contribution in [2.45, 2.75) is 19.4 Å². The molecule has 0 amide bonds. The highest BCUT2D eigenvalue weighted by Crippen LogP contribution is 2.16. The average molecular weight is 331 g/mol. The van der Waals surface area contributed by atoms with Crippen molar-refractivity contribution in [3.8, 4) is 0 Å². The molecule has 0 aliphatic rings. The van der Waals surface area contributed by atoms with Crippen LogP contribution in [0.25, 0.3) is 10.8 Å². The highest BCUT2D eigenvalue weighted by molar-refractivity contribution is 5.85. The summed E-state index contributed by atoms with van der Waals surface area (Å²) in [4.78, 5) is 2.19. The van der Waals surface area contributed by atoms with Crippen molar-refractivity contribution >= 4 is 23.2 Å². The number of benzene rings is 2. The van der Waals surface area contributed by atoms with E-state index >= 15 is 0 Å². The summed E-state index contributed by atoms with van der Waals surface area (Å²) in [6.07, 6.45) is 4.16. The first-order chi connectivity index (χ1) is 10.7. The van der Waals surface area contributed by atoms with Crippen LogP contribution < -0.4 is 0 Å². The van der Waals surface area contributed by atoms with Crippen LogP contribution in [0.1, 0.15) is 17.7 Å². The van der Waals surface area contributed by atoms with Gasteiger partial charge < -0.3 is 4.90 Å². The van der Waals surface area contributed by atoms with Gasteiger partial charge in [0.25, 0.3) is 0 Å². The minimum Gasteiger partial charge on any atom is -0.309 e. The molecular weight excluding hydrogens is 308 g/mol. The zero-order valence-corrected chi connectivity index (χ0v) is 14.5. The van der Waals surface area contributed by atoms with Gasteiger partial charge in [0.1, 0.15) is 0 Å². The molecule has 4 nitrogen and oxygen atoms in total.